The first-order valence-corrected chi connectivity index (χ1v) is 8.38. The normalized spacial score (nSPS) is 46.8. The summed E-state index contributed by atoms with van der Waals surface area (Å²) in [6.07, 6.45) is -11.7. The molecule has 152 valence electrons. The summed E-state index contributed by atoms with van der Waals surface area (Å²) in [4.78, 5) is 11.5. The number of rotatable bonds is 5. The zero-order chi connectivity index (χ0) is 19.6. The number of amides is 1. The average molecular weight is 381 g/mol. The second kappa shape index (κ2) is 8.87. The molecule has 2 aliphatic rings. The van der Waals surface area contributed by atoms with Crippen molar-refractivity contribution in [2.75, 3.05) is 13.2 Å². The van der Waals surface area contributed by atoms with Gasteiger partial charge in [0.2, 0.25) is 5.91 Å². The molecule has 11 nitrogen and oxygen atoms in total. The van der Waals surface area contributed by atoms with E-state index in [1.807, 2.05) is 0 Å². The van der Waals surface area contributed by atoms with Crippen molar-refractivity contribution in [2.24, 2.45) is 0 Å². The highest BCUT2D eigenvalue weighted by Gasteiger charge is 2.50. The smallest absolute Gasteiger partial charge is 0.217 e. The first kappa shape index (κ1) is 21.4. The van der Waals surface area contributed by atoms with Crippen LogP contribution in [0.2, 0.25) is 0 Å². The summed E-state index contributed by atoms with van der Waals surface area (Å²) in [7, 11) is 0. The van der Waals surface area contributed by atoms with Crippen LogP contribution in [0.3, 0.4) is 0 Å². The molecular formula is C15H27NO10. The maximum absolute atomic E-state index is 11.5. The second-order valence-electron chi connectivity index (χ2n) is 6.58. The van der Waals surface area contributed by atoms with Crippen molar-refractivity contribution in [3.63, 3.8) is 0 Å². The van der Waals surface area contributed by atoms with Crippen LogP contribution in [-0.2, 0) is 19.0 Å². The van der Waals surface area contributed by atoms with Gasteiger partial charge in [0.05, 0.1) is 25.4 Å². The molecule has 0 aliphatic carbocycles. The third-order valence-corrected chi connectivity index (χ3v) is 4.66. The lowest BCUT2D eigenvalue weighted by atomic mass is 9.92. The van der Waals surface area contributed by atoms with Crippen LogP contribution >= 0.6 is 0 Å². The van der Waals surface area contributed by atoms with Gasteiger partial charge >= 0.3 is 0 Å². The van der Waals surface area contributed by atoms with E-state index >= 15 is 0 Å². The maximum Gasteiger partial charge on any atom is 0.217 e. The quantitative estimate of drug-likeness (QED) is 0.247. The minimum Gasteiger partial charge on any atom is -0.394 e. The molecule has 2 heterocycles. The lowest BCUT2D eigenvalue weighted by Crippen LogP contribution is -2.67. The van der Waals surface area contributed by atoms with E-state index in [0.717, 1.165) is 0 Å². The summed E-state index contributed by atoms with van der Waals surface area (Å²) in [6.45, 7) is 1.74. The molecule has 0 spiro atoms. The summed E-state index contributed by atoms with van der Waals surface area (Å²) in [6, 6.07) is -0.835. The summed E-state index contributed by atoms with van der Waals surface area (Å²) in [5.74, 6) is -0.414. The Labute approximate surface area is 150 Å². The fourth-order valence-corrected chi connectivity index (χ4v) is 3.22. The first-order chi connectivity index (χ1) is 12.2. The van der Waals surface area contributed by atoms with Crippen molar-refractivity contribution in [1.82, 2.24) is 5.32 Å². The monoisotopic (exact) mass is 381 g/mol. The molecule has 0 aromatic rings. The lowest BCUT2D eigenvalue weighted by Gasteiger charge is -2.47. The molecule has 2 fully saturated rings. The number of carbonyl (C=O) groups is 1. The van der Waals surface area contributed by atoms with Crippen LogP contribution in [0.15, 0.2) is 0 Å². The van der Waals surface area contributed by atoms with Crippen LogP contribution in [0.4, 0.5) is 0 Å². The van der Waals surface area contributed by atoms with Gasteiger partial charge in [-0.2, -0.15) is 0 Å². The Morgan fingerprint density at radius 2 is 1.54 bits per heavy atom. The number of ether oxygens (including phenoxy) is 3. The fraction of sp³-hybridized carbons (Fsp3) is 0.933. The predicted octanol–water partition coefficient (Wildman–Crippen LogP) is -4.18. The Morgan fingerprint density at radius 3 is 2.08 bits per heavy atom. The Bertz CT molecular complexity index is 477. The molecule has 2 rings (SSSR count). The molecule has 0 bridgehead atoms. The number of aliphatic hydroxyl groups excluding tert-OH is 6. The average Bonchev–Trinajstić information content (AvgIpc) is 2.60. The number of hydrogen-bond acceptors (Lipinski definition) is 10. The van der Waals surface area contributed by atoms with Gasteiger partial charge in [-0.15, -0.1) is 0 Å². The van der Waals surface area contributed by atoms with Gasteiger partial charge in [0.25, 0.3) is 0 Å². The van der Waals surface area contributed by atoms with Crippen molar-refractivity contribution < 1.29 is 49.6 Å². The molecule has 0 aromatic heterocycles. The fourth-order valence-electron chi connectivity index (χ4n) is 3.22. The Morgan fingerprint density at radius 1 is 0.962 bits per heavy atom. The molecule has 10 atom stereocenters. The molecule has 0 radical (unpaired) electrons. The summed E-state index contributed by atoms with van der Waals surface area (Å²) in [5, 5.41) is 61.4. The van der Waals surface area contributed by atoms with E-state index in [4.69, 9.17) is 14.2 Å². The van der Waals surface area contributed by atoms with Crippen molar-refractivity contribution in [1.29, 1.82) is 0 Å². The van der Waals surface area contributed by atoms with E-state index in [-0.39, 0.29) is 0 Å². The van der Waals surface area contributed by atoms with Gasteiger partial charge in [0.1, 0.15) is 42.7 Å². The minimum absolute atomic E-state index is 0.414. The van der Waals surface area contributed by atoms with Crippen LogP contribution in [0.1, 0.15) is 13.8 Å². The SMILES string of the molecule is CC(=O)NC1[C@@H](O[C@@H]2OC(CO)[C@H](O)[C@H](O)C2O)[C@@H](O)C(CO)O[C@@H]1C. The van der Waals surface area contributed by atoms with Gasteiger partial charge in [-0.05, 0) is 6.92 Å². The van der Waals surface area contributed by atoms with Gasteiger partial charge in [-0.3, -0.25) is 4.79 Å². The molecule has 1 amide bonds. The van der Waals surface area contributed by atoms with Crippen LogP contribution in [0.5, 0.6) is 0 Å². The highest BCUT2D eigenvalue weighted by molar-refractivity contribution is 5.73. The Hall–Kier alpha value is -0.890. The number of carbonyl (C=O) groups excluding carboxylic acids is 1. The lowest BCUT2D eigenvalue weighted by molar-refractivity contribution is -0.331. The molecule has 0 aromatic carbocycles. The molecule has 2 aliphatic heterocycles. The highest BCUT2D eigenvalue weighted by Crippen LogP contribution is 2.29. The standard InChI is InChI=1S/C15H27NO10/c1-5-9(16-6(2)19)14(11(21)8(4-18)24-5)26-15-13(23)12(22)10(20)7(3-17)25-15/h5,7-15,17-18,20-23H,3-4H2,1-2H3,(H,16,19)/t5-,7?,8?,9?,10+,11+,12+,13?,14-,15+/m1/s1. The van der Waals surface area contributed by atoms with E-state index in [0.29, 0.717) is 0 Å². The molecule has 11 heteroatoms. The number of aliphatic hydroxyl groups is 6. The predicted molar refractivity (Wildman–Crippen MR) is 83.7 cm³/mol. The molecule has 26 heavy (non-hydrogen) atoms. The minimum atomic E-state index is -1.66. The van der Waals surface area contributed by atoms with Crippen LogP contribution in [0.25, 0.3) is 0 Å². The van der Waals surface area contributed by atoms with Crippen LogP contribution in [-0.4, -0.2) is 111 Å². The second-order valence-corrected chi connectivity index (χ2v) is 6.58. The van der Waals surface area contributed by atoms with E-state index < -0.39 is 80.3 Å². The zero-order valence-electron chi connectivity index (χ0n) is 14.5. The summed E-state index contributed by atoms with van der Waals surface area (Å²) >= 11 is 0. The highest BCUT2D eigenvalue weighted by atomic mass is 16.7. The Balaban J connectivity index is 2.21. The van der Waals surface area contributed by atoms with E-state index in [1.165, 1.54) is 6.92 Å². The molecule has 4 unspecified atom stereocenters. The molecular weight excluding hydrogens is 354 g/mol. The number of nitrogens with one attached hydrogen (secondary N) is 1. The summed E-state index contributed by atoms with van der Waals surface area (Å²) in [5.41, 5.74) is 0. The van der Waals surface area contributed by atoms with E-state index in [1.54, 1.807) is 6.92 Å². The zero-order valence-corrected chi connectivity index (χ0v) is 14.5. The third kappa shape index (κ3) is 4.32. The van der Waals surface area contributed by atoms with Gasteiger partial charge in [0, 0.05) is 6.92 Å². The van der Waals surface area contributed by atoms with Crippen molar-refractivity contribution in [3.8, 4) is 0 Å². The van der Waals surface area contributed by atoms with Crippen LogP contribution in [0, 0.1) is 0 Å². The van der Waals surface area contributed by atoms with Crippen molar-refractivity contribution in [3.05, 3.63) is 0 Å². The van der Waals surface area contributed by atoms with Gasteiger partial charge < -0.3 is 50.2 Å². The number of hydrogen-bond donors (Lipinski definition) is 7. The van der Waals surface area contributed by atoms with Crippen LogP contribution < -0.4 is 5.32 Å². The van der Waals surface area contributed by atoms with Gasteiger partial charge in [0.15, 0.2) is 6.29 Å². The third-order valence-electron chi connectivity index (χ3n) is 4.66. The first-order valence-electron chi connectivity index (χ1n) is 8.38. The molecule has 0 saturated carbocycles. The molecule has 2 saturated heterocycles. The summed E-state index contributed by atoms with van der Waals surface area (Å²) < 4.78 is 16.4. The van der Waals surface area contributed by atoms with Gasteiger partial charge in [-0.1, -0.05) is 0 Å². The molecule has 7 N–H and O–H groups in total. The van der Waals surface area contributed by atoms with E-state index in [2.05, 4.69) is 5.32 Å². The topological polar surface area (TPSA) is 178 Å². The van der Waals surface area contributed by atoms with Gasteiger partial charge in [-0.25, -0.2) is 0 Å². The van der Waals surface area contributed by atoms with E-state index in [9.17, 15) is 35.4 Å². The Kier molecular flexibility index (Phi) is 7.30. The largest absolute Gasteiger partial charge is 0.394 e. The van der Waals surface area contributed by atoms with Crippen molar-refractivity contribution in [2.45, 2.75) is 75.0 Å². The van der Waals surface area contributed by atoms with Crippen molar-refractivity contribution >= 4 is 5.91 Å². The maximum atomic E-state index is 11.5.